The number of nitrogens with zero attached hydrogens (tertiary/aromatic N) is 2. The van der Waals surface area contributed by atoms with Crippen molar-refractivity contribution in [1.29, 1.82) is 0 Å². The smallest absolute Gasteiger partial charge is 0.276 e. The van der Waals surface area contributed by atoms with Crippen LogP contribution in [0.25, 0.3) is 0 Å². The number of halogens is 1. The predicted octanol–water partition coefficient (Wildman–Crippen LogP) is 4.24. The van der Waals surface area contributed by atoms with E-state index in [2.05, 4.69) is 36.8 Å². The van der Waals surface area contributed by atoms with Gasteiger partial charge < -0.3 is 15.4 Å². The van der Waals surface area contributed by atoms with Crippen molar-refractivity contribution in [2.24, 2.45) is 0 Å². The Morgan fingerprint density at radius 1 is 1.04 bits per heavy atom. The molecule has 126 valence electrons. The molecular weight excluding hydrogens is 384 g/mol. The third-order valence-electron chi connectivity index (χ3n) is 3.35. The molecule has 0 aliphatic heterocycles. The molecule has 7 heteroatoms. The fourth-order valence-electron chi connectivity index (χ4n) is 2.17. The lowest BCUT2D eigenvalue weighted by Gasteiger charge is -2.09. The SMILES string of the molecule is COc1ccccc1NC(=O)c1ccc(Nc2cccc(Br)c2)nn1. The van der Waals surface area contributed by atoms with Gasteiger partial charge in [0.2, 0.25) is 0 Å². The highest BCUT2D eigenvalue weighted by Gasteiger charge is 2.11. The predicted molar refractivity (Wildman–Crippen MR) is 100 cm³/mol. The Morgan fingerprint density at radius 2 is 1.88 bits per heavy atom. The Labute approximate surface area is 153 Å². The minimum absolute atomic E-state index is 0.214. The van der Waals surface area contributed by atoms with E-state index in [0.29, 0.717) is 17.3 Å². The molecule has 0 fully saturated rings. The molecule has 0 atom stereocenters. The lowest BCUT2D eigenvalue weighted by molar-refractivity contribution is 0.102. The number of hydrogen-bond donors (Lipinski definition) is 2. The van der Waals surface area contributed by atoms with Gasteiger partial charge in [-0.3, -0.25) is 4.79 Å². The maximum atomic E-state index is 12.3. The summed E-state index contributed by atoms with van der Waals surface area (Å²) in [7, 11) is 1.55. The minimum Gasteiger partial charge on any atom is -0.495 e. The van der Waals surface area contributed by atoms with E-state index in [1.54, 1.807) is 31.4 Å². The zero-order valence-corrected chi connectivity index (χ0v) is 14.9. The number of ether oxygens (including phenoxy) is 1. The second kappa shape index (κ2) is 7.76. The van der Waals surface area contributed by atoms with E-state index in [1.165, 1.54) is 0 Å². The van der Waals surface area contributed by atoms with Crippen LogP contribution in [-0.4, -0.2) is 23.2 Å². The summed E-state index contributed by atoms with van der Waals surface area (Å²) in [5, 5.41) is 13.9. The molecular formula is C18H15BrN4O2. The van der Waals surface area contributed by atoms with Crippen molar-refractivity contribution in [3.05, 3.63) is 70.8 Å². The Balaban J connectivity index is 1.70. The van der Waals surface area contributed by atoms with Crippen LogP contribution in [0.15, 0.2) is 65.1 Å². The van der Waals surface area contributed by atoms with Gasteiger partial charge in [-0.1, -0.05) is 34.1 Å². The van der Waals surface area contributed by atoms with Gasteiger partial charge in [0, 0.05) is 10.2 Å². The van der Waals surface area contributed by atoms with E-state index in [-0.39, 0.29) is 11.6 Å². The first-order chi connectivity index (χ1) is 12.2. The van der Waals surface area contributed by atoms with Crippen LogP contribution in [0.2, 0.25) is 0 Å². The second-order valence-electron chi connectivity index (χ2n) is 5.09. The topological polar surface area (TPSA) is 76.1 Å². The number of hydrogen-bond acceptors (Lipinski definition) is 5. The molecule has 0 aliphatic rings. The van der Waals surface area contributed by atoms with Crippen LogP contribution >= 0.6 is 15.9 Å². The maximum absolute atomic E-state index is 12.3. The number of aromatic nitrogens is 2. The Bertz CT molecular complexity index is 884. The average molecular weight is 399 g/mol. The number of para-hydroxylation sites is 2. The Morgan fingerprint density at radius 3 is 2.60 bits per heavy atom. The van der Waals surface area contributed by atoms with Crippen LogP contribution in [0.5, 0.6) is 5.75 Å². The lowest BCUT2D eigenvalue weighted by atomic mass is 10.2. The third kappa shape index (κ3) is 4.33. The maximum Gasteiger partial charge on any atom is 0.276 e. The van der Waals surface area contributed by atoms with Crippen LogP contribution in [0, 0.1) is 0 Å². The van der Waals surface area contributed by atoms with Crippen molar-refractivity contribution < 1.29 is 9.53 Å². The van der Waals surface area contributed by atoms with Gasteiger partial charge >= 0.3 is 0 Å². The quantitative estimate of drug-likeness (QED) is 0.671. The van der Waals surface area contributed by atoms with Crippen molar-refractivity contribution in [2.45, 2.75) is 0 Å². The van der Waals surface area contributed by atoms with Crippen molar-refractivity contribution in [3.8, 4) is 5.75 Å². The molecule has 2 N–H and O–H groups in total. The van der Waals surface area contributed by atoms with E-state index in [9.17, 15) is 4.79 Å². The number of rotatable bonds is 5. The van der Waals surface area contributed by atoms with E-state index in [0.717, 1.165) is 10.2 Å². The molecule has 1 heterocycles. The van der Waals surface area contributed by atoms with Gasteiger partial charge in [-0.25, -0.2) is 0 Å². The van der Waals surface area contributed by atoms with Crippen LogP contribution < -0.4 is 15.4 Å². The largest absolute Gasteiger partial charge is 0.495 e. The molecule has 1 aromatic heterocycles. The molecule has 6 nitrogen and oxygen atoms in total. The monoisotopic (exact) mass is 398 g/mol. The fourth-order valence-corrected chi connectivity index (χ4v) is 2.57. The lowest BCUT2D eigenvalue weighted by Crippen LogP contribution is -2.15. The van der Waals surface area contributed by atoms with E-state index in [4.69, 9.17) is 4.74 Å². The number of carbonyl (C=O) groups excluding carboxylic acids is 1. The van der Waals surface area contributed by atoms with Crippen LogP contribution in [0.3, 0.4) is 0 Å². The van der Waals surface area contributed by atoms with Gasteiger partial charge in [-0.15, -0.1) is 10.2 Å². The first-order valence-corrected chi connectivity index (χ1v) is 8.26. The molecule has 3 aromatic rings. The summed E-state index contributed by atoms with van der Waals surface area (Å²) in [4.78, 5) is 12.3. The average Bonchev–Trinajstić information content (AvgIpc) is 2.63. The molecule has 0 aliphatic carbocycles. The van der Waals surface area contributed by atoms with Crippen molar-refractivity contribution in [2.75, 3.05) is 17.7 Å². The first kappa shape index (κ1) is 16.9. The van der Waals surface area contributed by atoms with Gasteiger partial charge in [-0.2, -0.15) is 0 Å². The van der Waals surface area contributed by atoms with E-state index < -0.39 is 0 Å². The second-order valence-corrected chi connectivity index (χ2v) is 6.01. The van der Waals surface area contributed by atoms with E-state index >= 15 is 0 Å². The zero-order valence-electron chi connectivity index (χ0n) is 13.4. The molecule has 25 heavy (non-hydrogen) atoms. The number of anilines is 3. The molecule has 0 saturated heterocycles. The molecule has 0 unspecified atom stereocenters. The fraction of sp³-hybridized carbons (Fsp3) is 0.0556. The number of amides is 1. The Hall–Kier alpha value is -2.93. The van der Waals surface area contributed by atoms with Crippen molar-refractivity contribution >= 4 is 39.0 Å². The van der Waals surface area contributed by atoms with Crippen LogP contribution in [0.1, 0.15) is 10.5 Å². The summed E-state index contributed by atoms with van der Waals surface area (Å²) in [5.74, 6) is 0.773. The van der Waals surface area contributed by atoms with Gasteiger partial charge in [-0.05, 0) is 42.5 Å². The zero-order chi connectivity index (χ0) is 17.6. The first-order valence-electron chi connectivity index (χ1n) is 7.46. The summed E-state index contributed by atoms with van der Waals surface area (Å²) < 4.78 is 6.17. The summed E-state index contributed by atoms with van der Waals surface area (Å²) in [6.45, 7) is 0. The normalized spacial score (nSPS) is 10.2. The van der Waals surface area contributed by atoms with Gasteiger partial charge in [0.15, 0.2) is 11.5 Å². The van der Waals surface area contributed by atoms with Crippen LogP contribution in [-0.2, 0) is 0 Å². The highest BCUT2D eigenvalue weighted by atomic mass is 79.9. The molecule has 3 rings (SSSR count). The van der Waals surface area contributed by atoms with E-state index in [1.807, 2.05) is 36.4 Å². The standard InChI is InChI=1S/C18H15BrN4O2/c1-25-16-8-3-2-7-14(16)21-18(24)15-9-10-17(23-22-15)20-13-6-4-5-12(19)11-13/h2-11H,1H3,(H,20,23)(H,21,24). The number of carbonyl (C=O) groups is 1. The molecule has 1 amide bonds. The summed E-state index contributed by atoms with van der Waals surface area (Å²) in [6, 6.07) is 18.2. The molecule has 0 spiro atoms. The van der Waals surface area contributed by atoms with Crippen molar-refractivity contribution in [3.63, 3.8) is 0 Å². The summed E-state index contributed by atoms with van der Waals surface area (Å²) in [6.07, 6.45) is 0. The molecule has 0 bridgehead atoms. The molecule has 2 aromatic carbocycles. The van der Waals surface area contributed by atoms with Gasteiger partial charge in [0.05, 0.1) is 12.8 Å². The van der Waals surface area contributed by atoms with Crippen LogP contribution in [0.4, 0.5) is 17.2 Å². The Kier molecular flexibility index (Phi) is 5.25. The summed E-state index contributed by atoms with van der Waals surface area (Å²) in [5.41, 5.74) is 1.66. The highest BCUT2D eigenvalue weighted by Crippen LogP contribution is 2.23. The van der Waals surface area contributed by atoms with Gasteiger partial charge in [0.1, 0.15) is 5.75 Å². The third-order valence-corrected chi connectivity index (χ3v) is 3.84. The van der Waals surface area contributed by atoms with Crippen molar-refractivity contribution in [1.82, 2.24) is 10.2 Å². The highest BCUT2D eigenvalue weighted by molar-refractivity contribution is 9.10. The van der Waals surface area contributed by atoms with Gasteiger partial charge in [0.25, 0.3) is 5.91 Å². The molecule has 0 saturated carbocycles. The number of nitrogens with one attached hydrogen (secondary N) is 2. The number of benzene rings is 2. The number of methoxy groups -OCH3 is 1. The summed E-state index contributed by atoms with van der Waals surface area (Å²) >= 11 is 3.41. The minimum atomic E-state index is -0.356. The molecule has 0 radical (unpaired) electrons.